The Kier molecular flexibility index (Phi) is 6.36. The SMILES string of the molecule is CCOc1cc(Br)c(/C=C2/NC(=O)N(Cc3ccccc3)C2=O)cc1OCC. The molecule has 7 heteroatoms. The van der Waals surface area contributed by atoms with Gasteiger partial charge in [0.25, 0.3) is 5.91 Å². The number of nitrogens with one attached hydrogen (secondary N) is 1. The average Bonchev–Trinajstić information content (AvgIpc) is 2.94. The number of halogens is 1. The maximum atomic E-state index is 12.7. The van der Waals surface area contributed by atoms with Crippen LogP contribution in [0.2, 0.25) is 0 Å². The van der Waals surface area contributed by atoms with E-state index in [9.17, 15) is 9.59 Å². The van der Waals surface area contributed by atoms with E-state index in [1.165, 1.54) is 4.90 Å². The third kappa shape index (κ3) is 4.36. The van der Waals surface area contributed by atoms with Crippen molar-refractivity contribution in [2.75, 3.05) is 13.2 Å². The van der Waals surface area contributed by atoms with Crippen molar-refractivity contribution in [2.45, 2.75) is 20.4 Å². The van der Waals surface area contributed by atoms with Gasteiger partial charge in [0.05, 0.1) is 19.8 Å². The maximum Gasteiger partial charge on any atom is 0.329 e. The second-order valence-electron chi connectivity index (χ2n) is 6.05. The number of urea groups is 1. The molecule has 28 heavy (non-hydrogen) atoms. The molecule has 6 nitrogen and oxygen atoms in total. The first-order valence-electron chi connectivity index (χ1n) is 9.01. The highest BCUT2D eigenvalue weighted by Crippen LogP contribution is 2.35. The first kappa shape index (κ1) is 19.9. The molecule has 1 fully saturated rings. The molecule has 0 unspecified atom stereocenters. The van der Waals surface area contributed by atoms with Crippen molar-refractivity contribution in [1.82, 2.24) is 10.2 Å². The highest BCUT2D eigenvalue weighted by molar-refractivity contribution is 9.10. The number of benzene rings is 2. The Morgan fingerprint density at radius 3 is 2.32 bits per heavy atom. The highest BCUT2D eigenvalue weighted by atomic mass is 79.9. The Morgan fingerprint density at radius 1 is 1.04 bits per heavy atom. The van der Waals surface area contributed by atoms with Gasteiger partial charge in [-0.05, 0) is 43.2 Å². The molecule has 0 saturated carbocycles. The zero-order valence-corrected chi connectivity index (χ0v) is 17.3. The third-order valence-corrected chi connectivity index (χ3v) is 4.80. The molecule has 3 rings (SSSR count). The average molecular weight is 445 g/mol. The van der Waals surface area contributed by atoms with Gasteiger partial charge in [-0.25, -0.2) is 4.79 Å². The van der Waals surface area contributed by atoms with Crippen LogP contribution >= 0.6 is 15.9 Å². The molecular weight excluding hydrogens is 424 g/mol. The number of amides is 3. The van der Waals surface area contributed by atoms with E-state index in [0.29, 0.717) is 30.3 Å². The molecular formula is C21H21BrN2O4. The number of carbonyl (C=O) groups is 2. The summed E-state index contributed by atoms with van der Waals surface area (Å²) >= 11 is 3.50. The van der Waals surface area contributed by atoms with Gasteiger partial charge in [-0.1, -0.05) is 46.3 Å². The van der Waals surface area contributed by atoms with Crippen LogP contribution in [0.4, 0.5) is 4.79 Å². The first-order chi connectivity index (χ1) is 13.5. The quantitative estimate of drug-likeness (QED) is 0.509. The maximum absolute atomic E-state index is 12.7. The van der Waals surface area contributed by atoms with Crippen LogP contribution in [0, 0.1) is 0 Å². The van der Waals surface area contributed by atoms with Crippen LogP contribution in [-0.2, 0) is 11.3 Å². The van der Waals surface area contributed by atoms with Gasteiger partial charge in [-0.15, -0.1) is 0 Å². The largest absolute Gasteiger partial charge is 0.490 e. The van der Waals surface area contributed by atoms with E-state index in [4.69, 9.17) is 9.47 Å². The second kappa shape index (κ2) is 8.93. The molecule has 0 aliphatic carbocycles. The predicted octanol–water partition coefficient (Wildman–Crippen LogP) is 4.34. The lowest BCUT2D eigenvalue weighted by molar-refractivity contribution is -0.123. The van der Waals surface area contributed by atoms with Gasteiger partial charge < -0.3 is 14.8 Å². The number of hydrogen-bond donors (Lipinski definition) is 1. The van der Waals surface area contributed by atoms with E-state index in [1.807, 2.05) is 44.2 Å². The van der Waals surface area contributed by atoms with E-state index in [1.54, 1.807) is 18.2 Å². The van der Waals surface area contributed by atoms with Crippen molar-refractivity contribution < 1.29 is 19.1 Å². The molecule has 1 aliphatic heterocycles. The summed E-state index contributed by atoms with van der Waals surface area (Å²) in [6, 6.07) is 12.5. The molecule has 0 radical (unpaired) electrons. The molecule has 1 saturated heterocycles. The van der Waals surface area contributed by atoms with Gasteiger partial charge in [0.1, 0.15) is 5.70 Å². The lowest BCUT2D eigenvalue weighted by Crippen LogP contribution is -2.30. The minimum absolute atomic E-state index is 0.216. The molecule has 1 N–H and O–H groups in total. The lowest BCUT2D eigenvalue weighted by Gasteiger charge is -2.13. The van der Waals surface area contributed by atoms with E-state index in [0.717, 1.165) is 10.0 Å². The minimum atomic E-state index is -0.438. The van der Waals surface area contributed by atoms with Crippen LogP contribution in [0.1, 0.15) is 25.0 Å². The van der Waals surface area contributed by atoms with Crippen LogP contribution in [0.3, 0.4) is 0 Å². The monoisotopic (exact) mass is 444 g/mol. The number of ether oxygens (including phenoxy) is 2. The van der Waals surface area contributed by atoms with E-state index in [-0.39, 0.29) is 18.1 Å². The van der Waals surface area contributed by atoms with Gasteiger partial charge in [0.2, 0.25) is 0 Å². The first-order valence-corrected chi connectivity index (χ1v) is 9.80. The Balaban J connectivity index is 1.88. The van der Waals surface area contributed by atoms with Crippen molar-refractivity contribution >= 4 is 33.9 Å². The zero-order chi connectivity index (χ0) is 20.1. The molecule has 0 aromatic heterocycles. The normalized spacial score (nSPS) is 15.1. The molecule has 0 spiro atoms. The van der Waals surface area contributed by atoms with Gasteiger partial charge in [-0.2, -0.15) is 0 Å². The summed E-state index contributed by atoms with van der Waals surface area (Å²) in [5.41, 5.74) is 1.80. The van der Waals surface area contributed by atoms with Gasteiger partial charge >= 0.3 is 6.03 Å². The van der Waals surface area contributed by atoms with Crippen molar-refractivity contribution in [3.63, 3.8) is 0 Å². The second-order valence-corrected chi connectivity index (χ2v) is 6.91. The Bertz CT molecular complexity index is 912. The van der Waals surface area contributed by atoms with Crippen molar-refractivity contribution in [2.24, 2.45) is 0 Å². The van der Waals surface area contributed by atoms with Crippen LogP contribution in [0.25, 0.3) is 6.08 Å². The fraction of sp³-hybridized carbons (Fsp3) is 0.238. The standard InChI is InChI=1S/C21H21BrN2O4/c1-3-27-18-11-15(16(22)12-19(18)28-4-2)10-17-20(25)24(21(26)23-17)13-14-8-6-5-7-9-14/h5-12H,3-4,13H2,1-2H3,(H,23,26)/b17-10+. The van der Waals surface area contributed by atoms with Crippen molar-refractivity contribution in [3.05, 3.63) is 63.8 Å². The summed E-state index contributed by atoms with van der Waals surface area (Å²) in [7, 11) is 0. The molecule has 146 valence electrons. The summed E-state index contributed by atoms with van der Waals surface area (Å²) < 4.78 is 12.0. The molecule has 1 heterocycles. The summed E-state index contributed by atoms with van der Waals surface area (Å²) in [5.74, 6) is 0.829. The highest BCUT2D eigenvalue weighted by Gasteiger charge is 2.33. The van der Waals surface area contributed by atoms with Gasteiger partial charge in [0, 0.05) is 4.47 Å². The minimum Gasteiger partial charge on any atom is -0.490 e. The molecule has 1 aliphatic rings. The predicted molar refractivity (Wildman–Crippen MR) is 110 cm³/mol. The third-order valence-electron chi connectivity index (χ3n) is 4.11. The number of carbonyl (C=O) groups excluding carboxylic acids is 2. The van der Waals surface area contributed by atoms with Crippen LogP contribution in [-0.4, -0.2) is 30.1 Å². The molecule has 2 aromatic carbocycles. The van der Waals surface area contributed by atoms with Crippen molar-refractivity contribution in [3.8, 4) is 11.5 Å². The molecule has 2 aromatic rings. The summed E-state index contributed by atoms with van der Waals surface area (Å²) in [6.45, 7) is 5.00. The number of nitrogens with zero attached hydrogens (tertiary/aromatic N) is 1. The summed E-state index contributed by atoms with van der Waals surface area (Å²) in [4.78, 5) is 26.2. The topological polar surface area (TPSA) is 67.9 Å². The van der Waals surface area contributed by atoms with Crippen molar-refractivity contribution in [1.29, 1.82) is 0 Å². The van der Waals surface area contributed by atoms with Crippen LogP contribution in [0.15, 0.2) is 52.6 Å². The number of rotatable bonds is 7. The fourth-order valence-corrected chi connectivity index (χ4v) is 3.27. The Morgan fingerprint density at radius 2 is 1.68 bits per heavy atom. The lowest BCUT2D eigenvalue weighted by atomic mass is 10.1. The van der Waals surface area contributed by atoms with E-state index < -0.39 is 6.03 Å². The fourth-order valence-electron chi connectivity index (χ4n) is 2.83. The molecule has 3 amide bonds. The smallest absolute Gasteiger partial charge is 0.329 e. The van der Waals surface area contributed by atoms with Gasteiger partial charge in [-0.3, -0.25) is 9.69 Å². The van der Waals surface area contributed by atoms with Crippen LogP contribution in [0.5, 0.6) is 11.5 Å². The number of imide groups is 1. The van der Waals surface area contributed by atoms with E-state index in [2.05, 4.69) is 21.2 Å². The zero-order valence-electron chi connectivity index (χ0n) is 15.7. The van der Waals surface area contributed by atoms with Crippen LogP contribution < -0.4 is 14.8 Å². The van der Waals surface area contributed by atoms with E-state index >= 15 is 0 Å². The molecule has 0 atom stereocenters. The summed E-state index contributed by atoms with van der Waals surface area (Å²) in [6.07, 6.45) is 1.63. The number of hydrogen-bond acceptors (Lipinski definition) is 4. The Hall–Kier alpha value is -2.80. The summed E-state index contributed by atoms with van der Waals surface area (Å²) in [5, 5.41) is 2.65. The van der Waals surface area contributed by atoms with Gasteiger partial charge in [0.15, 0.2) is 11.5 Å². The molecule has 0 bridgehead atoms. The Labute approximate surface area is 172 Å².